The van der Waals surface area contributed by atoms with Gasteiger partial charge >= 0.3 is 5.69 Å². The monoisotopic (exact) mass is 479 g/mol. The van der Waals surface area contributed by atoms with Gasteiger partial charge in [0.1, 0.15) is 11.3 Å². The summed E-state index contributed by atoms with van der Waals surface area (Å²) in [7, 11) is 1.58. The maximum absolute atomic E-state index is 12.7. The Morgan fingerprint density at radius 2 is 1.91 bits per heavy atom. The zero-order valence-electron chi connectivity index (χ0n) is 18.2. The maximum Gasteiger partial charge on any atom is 0.328 e. The lowest BCUT2D eigenvalue weighted by Crippen LogP contribution is -2.41. The van der Waals surface area contributed by atoms with Gasteiger partial charge in [0, 0.05) is 29.2 Å². The van der Waals surface area contributed by atoms with Gasteiger partial charge in [0.05, 0.1) is 25.9 Å². The normalized spacial score (nSPS) is 10.7. The third kappa shape index (κ3) is 5.04. The van der Waals surface area contributed by atoms with Gasteiger partial charge in [0.25, 0.3) is 17.0 Å². The summed E-state index contributed by atoms with van der Waals surface area (Å²) in [6.45, 7) is 0.229. The number of thiophene rings is 1. The van der Waals surface area contributed by atoms with Gasteiger partial charge in [-0.3, -0.25) is 19.0 Å². The molecule has 4 rings (SSSR count). The van der Waals surface area contributed by atoms with Crippen LogP contribution in [0.15, 0.2) is 74.5 Å². The zero-order valence-corrected chi connectivity index (χ0v) is 19.0. The largest absolute Gasteiger partial charge is 0.497 e. The summed E-state index contributed by atoms with van der Waals surface area (Å²) in [5.74, 6) is 0.0528. The summed E-state index contributed by atoms with van der Waals surface area (Å²) in [5, 5.41) is 8.80. The Kier molecular flexibility index (Phi) is 6.83. The van der Waals surface area contributed by atoms with Gasteiger partial charge in [-0.05, 0) is 41.8 Å². The van der Waals surface area contributed by atoms with E-state index in [9.17, 15) is 19.2 Å². The lowest BCUT2D eigenvalue weighted by molar-refractivity contribution is 0.0949. The molecule has 3 aromatic heterocycles. The average Bonchev–Trinajstić information content (AvgIpc) is 3.36. The third-order valence-electron chi connectivity index (χ3n) is 5.06. The predicted molar refractivity (Wildman–Crippen MR) is 128 cm³/mol. The topological polar surface area (TPSA) is 128 Å². The second-order valence-electron chi connectivity index (χ2n) is 7.24. The van der Waals surface area contributed by atoms with Crippen LogP contribution in [0.4, 0.5) is 0 Å². The zero-order chi connectivity index (χ0) is 24.1. The Morgan fingerprint density at radius 1 is 1.12 bits per heavy atom. The van der Waals surface area contributed by atoms with E-state index in [4.69, 9.17) is 4.74 Å². The van der Waals surface area contributed by atoms with Crippen molar-refractivity contribution in [2.24, 2.45) is 0 Å². The first-order valence-corrected chi connectivity index (χ1v) is 11.2. The Bertz CT molecular complexity index is 1470. The molecule has 4 aromatic rings. The van der Waals surface area contributed by atoms with Crippen molar-refractivity contribution in [1.82, 2.24) is 24.6 Å². The minimum Gasteiger partial charge on any atom is -0.497 e. The second-order valence-corrected chi connectivity index (χ2v) is 8.27. The van der Waals surface area contributed by atoms with Crippen LogP contribution in [0.2, 0.25) is 0 Å². The van der Waals surface area contributed by atoms with Crippen molar-refractivity contribution in [1.29, 1.82) is 0 Å². The van der Waals surface area contributed by atoms with Crippen LogP contribution in [0.5, 0.6) is 5.75 Å². The van der Waals surface area contributed by atoms with E-state index in [0.29, 0.717) is 11.4 Å². The second kappa shape index (κ2) is 10.1. The number of hydrogen-bond donors (Lipinski definition) is 2. The van der Waals surface area contributed by atoms with Crippen molar-refractivity contribution in [3.63, 3.8) is 0 Å². The summed E-state index contributed by atoms with van der Waals surface area (Å²) in [4.78, 5) is 52.8. The first kappa shape index (κ1) is 22.9. The number of aromatic amines is 1. The minimum absolute atomic E-state index is 0.0568. The number of carbonyl (C=O) groups excluding carboxylic acids is 1. The summed E-state index contributed by atoms with van der Waals surface area (Å²) >= 11 is 1.40. The number of aromatic nitrogens is 4. The molecule has 0 aliphatic rings. The summed E-state index contributed by atoms with van der Waals surface area (Å²) in [5.41, 5.74) is -0.409. The van der Waals surface area contributed by atoms with Gasteiger partial charge in [-0.25, -0.2) is 9.48 Å². The number of hydrogen-bond acceptors (Lipinski definition) is 7. The van der Waals surface area contributed by atoms with Crippen LogP contribution < -0.4 is 26.9 Å². The lowest BCUT2D eigenvalue weighted by atomic mass is 10.1. The van der Waals surface area contributed by atoms with Crippen molar-refractivity contribution < 1.29 is 9.53 Å². The average molecular weight is 480 g/mol. The molecular formula is C23H21N5O5S. The summed E-state index contributed by atoms with van der Waals surface area (Å²) < 4.78 is 7.36. The molecule has 34 heavy (non-hydrogen) atoms. The molecule has 1 aromatic carbocycles. The molecule has 0 radical (unpaired) electrons. The number of nitrogens with zero attached hydrogens (tertiary/aromatic N) is 3. The van der Waals surface area contributed by atoms with Gasteiger partial charge in [-0.2, -0.15) is 5.10 Å². The SMILES string of the molecule is COc1ccc(-c2ccc(=O)n(CCNC(=O)c3c[nH]c(=O)n(Cc4cccs4)c3=O)n2)cc1. The Morgan fingerprint density at radius 3 is 2.62 bits per heavy atom. The van der Waals surface area contributed by atoms with Gasteiger partial charge < -0.3 is 15.0 Å². The highest BCUT2D eigenvalue weighted by Gasteiger charge is 2.15. The van der Waals surface area contributed by atoms with Crippen molar-refractivity contribution in [3.8, 4) is 17.0 Å². The number of ether oxygens (including phenoxy) is 1. The molecule has 2 N–H and O–H groups in total. The molecule has 3 heterocycles. The van der Waals surface area contributed by atoms with E-state index in [-0.39, 0.29) is 30.8 Å². The molecule has 0 saturated heterocycles. The smallest absolute Gasteiger partial charge is 0.328 e. The molecule has 0 spiro atoms. The van der Waals surface area contributed by atoms with Crippen molar-refractivity contribution in [2.45, 2.75) is 13.1 Å². The molecule has 10 nitrogen and oxygen atoms in total. The number of amides is 1. The molecule has 0 bridgehead atoms. The van der Waals surface area contributed by atoms with Crippen LogP contribution in [0.1, 0.15) is 15.2 Å². The van der Waals surface area contributed by atoms with E-state index < -0.39 is 17.2 Å². The van der Waals surface area contributed by atoms with Crippen molar-refractivity contribution >= 4 is 17.2 Å². The highest BCUT2D eigenvalue weighted by atomic mass is 32.1. The number of carbonyl (C=O) groups is 1. The van der Waals surface area contributed by atoms with Gasteiger partial charge in [-0.15, -0.1) is 11.3 Å². The van der Waals surface area contributed by atoms with Crippen LogP contribution >= 0.6 is 11.3 Å². The number of H-pyrrole nitrogens is 1. The highest BCUT2D eigenvalue weighted by molar-refractivity contribution is 7.09. The quantitative estimate of drug-likeness (QED) is 0.392. The number of benzene rings is 1. The fraction of sp³-hybridized carbons (Fsp3) is 0.174. The molecular weight excluding hydrogens is 458 g/mol. The third-order valence-corrected chi connectivity index (χ3v) is 5.92. The van der Waals surface area contributed by atoms with E-state index in [0.717, 1.165) is 21.2 Å². The standard InChI is InChI=1S/C23H21N5O5S/c1-33-16-6-4-15(5-7-16)19-8-9-20(29)28(26-19)11-10-24-21(30)18-13-25-23(32)27(22(18)31)14-17-3-2-12-34-17/h2-9,12-13H,10-11,14H2,1H3,(H,24,30)(H,25,32). The first-order valence-electron chi connectivity index (χ1n) is 10.3. The first-order chi connectivity index (χ1) is 16.5. The molecule has 11 heteroatoms. The van der Waals surface area contributed by atoms with Gasteiger partial charge in [0.15, 0.2) is 0 Å². The van der Waals surface area contributed by atoms with E-state index in [1.165, 1.54) is 22.1 Å². The van der Waals surface area contributed by atoms with E-state index >= 15 is 0 Å². The van der Waals surface area contributed by atoms with Crippen molar-refractivity contribution in [2.75, 3.05) is 13.7 Å². The lowest BCUT2D eigenvalue weighted by Gasteiger charge is -2.10. The Balaban J connectivity index is 1.45. The Hall–Kier alpha value is -4.25. The highest BCUT2D eigenvalue weighted by Crippen LogP contribution is 2.19. The molecule has 0 atom stereocenters. The molecule has 0 fully saturated rings. The molecule has 1 amide bonds. The van der Waals surface area contributed by atoms with Crippen LogP contribution in [-0.2, 0) is 13.1 Å². The van der Waals surface area contributed by atoms with Gasteiger partial charge in [0.2, 0.25) is 0 Å². The Labute approximate surface area is 197 Å². The van der Waals surface area contributed by atoms with Crippen molar-refractivity contribution in [3.05, 3.63) is 102 Å². The summed E-state index contributed by atoms with van der Waals surface area (Å²) in [6, 6.07) is 13.9. The molecule has 0 aliphatic heterocycles. The maximum atomic E-state index is 12.7. The van der Waals surface area contributed by atoms with E-state index in [1.54, 1.807) is 31.4 Å². The van der Waals surface area contributed by atoms with Crippen LogP contribution in [0.25, 0.3) is 11.3 Å². The predicted octanol–water partition coefficient (Wildman–Crippen LogP) is 1.31. The molecule has 0 unspecified atom stereocenters. The van der Waals surface area contributed by atoms with Crippen LogP contribution in [0.3, 0.4) is 0 Å². The molecule has 174 valence electrons. The van der Waals surface area contributed by atoms with E-state index in [2.05, 4.69) is 15.4 Å². The number of nitrogens with one attached hydrogen (secondary N) is 2. The molecule has 0 saturated carbocycles. The fourth-order valence-electron chi connectivity index (χ4n) is 3.27. The fourth-order valence-corrected chi connectivity index (χ4v) is 3.96. The van der Waals surface area contributed by atoms with Gasteiger partial charge in [-0.1, -0.05) is 6.07 Å². The number of methoxy groups -OCH3 is 1. The minimum atomic E-state index is -0.688. The summed E-state index contributed by atoms with van der Waals surface area (Å²) in [6.07, 6.45) is 1.10. The molecule has 0 aliphatic carbocycles. The van der Waals surface area contributed by atoms with E-state index in [1.807, 2.05) is 23.6 Å². The number of rotatable bonds is 8. The van der Waals surface area contributed by atoms with Crippen LogP contribution in [-0.4, -0.2) is 38.9 Å². The van der Waals surface area contributed by atoms with Crippen LogP contribution in [0, 0.1) is 0 Å².